The number of piperidine rings is 1. The van der Waals surface area contributed by atoms with Gasteiger partial charge < -0.3 is 15.5 Å². The summed E-state index contributed by atoms with van der Waals surface area (Å²) in [5, 5.41) is 6.52. The second-order valence-electron chi connectivity index (χ2n) is 6.31. The number of carbonyl (C=O) groups is 2. The lowest BCUT2D eigenvalue weighted by Crippen LogP contribution is -2.46. The van der Waals surface area contributed by atoms with Crippen LogP contribution >= 0.6 is 0 Å². The van der Waals surface area contributed by atoms with Crippen LogP contribution in [0.5, 0.6) is 0 Å². The van der Waals surface area contributed by atoms with Crippen LogP contribution in [0, 0.1) is 0 Å². The summed E-state index contributed by atoms with van der Waals surface area (Å²) in [6.45, 7) is 5.38. The quantitative estimate of drug-likeness (QED) is 0.869. The Morgan fingerprint density at radius 2 is 2.18 bits per heavy atom. The van der Waals surface area contributed by atoms with E-state index in [1.165, 1.54) is 0 Å². The van der Waals surface area contributed by atoms with E-state index in [2.05, 4.69) is 17.6 Å². The summed E-state index contributed by atoms with van der Waals surface area (Å²) in [6, 6.07) is 6.33. The van der Waals surface area contributed by atoms with E-state index in [0.29, 0.717) is 18.2 Å². The predicted octanol–water partition coefficient (Wildman–Crippen LogP) is 1.47. The fourth-order valence-electron chi connectivity index (χ4n) is 3.40. The number of anilines is 1. The van der Waals surface area contributed by atoms with Gasteiger partial charge in [-0.05, 0) is 56.5 Å². The molecule has 3 rings (SSSR count). The summed E-state index contributed by atoms with van der Waals surface area (Å²) in [6.07, 6.45) is 2.76. The van der Waals surface area contributed by atoms with Crippen molar-refractivity contribution in [2.45, 2.75) is 45.2 Å². The first-order chi connectivity index (χ1) is 10.5. The Kier molecular flexibility index (Phi) is 4.16. The largest absolute Gasteiger partial charge is 0.349 e. The van der Waals surface area contributed by atoms with Crippen LogP contribution in [0.25, 0.3) is 0 Å². The molecular weight excluding hydrogens is 278 g/mol. The maximum Gasteiger partial charge on any atom is 0.251 e. The SMILES string of the molecule is CC(=O)N1CCc2cc(C(=O)NC3CCNC(C)C3)ccc21. The molecule has 22 heavy (non-hydrogen) atoms. The fourth-order valence-corrected chi connectivity index (χ4v) is 3.40. The first kappa shape index (κ1) is 15.0. The van der Waals surface area contributed by atoms with Crippen molar-refractivity contribution in [3.8, 4) is 0 Å². The van der Waals surface area contributed by atoms with Gasteiger partial charge in [0, 0.05) is 36.8 Å². The smallest absolute Gasteiger partial charge is 0.251 e. The van der Waals surface area contributed by atoms with Crippen LogP contribution in [0.1, 0.15) is 42.6 Å². The highest BCUT2D eigenvalue weighted by Crippen LogP contribution is 2.29. The van der Waals surface area contributed by atoms with Gasteiger partial charge in [-0.2, -0.15) is 0 Å². The number of nitrogens with one attached hydrogen (secondary N) is 2. The summed E-state index contributed by atoms with van der Waals surface area (Å²) in [4.78, 5) is 25.8. The number of hydrogen-bond acceptors (Lipinski definition) is 3. The van der Waals surface area contributed by atoms with Gasteiger partial charge in [-0.25, -0.2) is 0 Å². The molecular formula is C17H23N3O2. The molecule has 0 aliphatic carbocycles. The van der Waals surface area contributed by atoms with Crippen molar-refractivity contribution < 1.29 is 9.59 Å². The third kappa shape index (κ3) is 2.99. The van der Waals surface area contributed by atoms with E-state index in [-0.39, 0.29) is 17.9 Å². The molecule has 1 aromatic rings. The van der Waals surface area contributed by atoms with Crippen LogP contribution in [-0.4, -0.2) is 37.0 Å². The molecule has 2 aliphatic heterocycles. The van der Waals surface area contributed by atoms with Gasteiger partial charge in [-0.15, -0.1) is 0 Å². The maximum absolute atomic E-state index is 12.4. The third-order valence-corrected chi connectivity index (χ3v) is 4.58. The van der Waals surface area contributed by atoms with Gasteiger partial charge in [-0.3, -0.25) is 9.59 Å². The molecule has 5 nitrogen and oxygen atoms in total. The molecule has 118 valence electrons. The lowest BCUT2D eigenvalue weighted by Gasteiger charge is -2.28. The molecule has 2 aliphatic rings. The fraction of sp³-hybridized carbons (Fsp3) is 0.529. The van der Waals surface area contributed by atoms with Gasteiger partial charge in [0.25, 0.3) is 5.91 Å². The van der Waals surface area contributed by atoms with Gasteiger partial charge >= 0.3 is 0 Å². The normalized spacial score (nSPS) is 24.0. The average Bonchev–Trinajstić information content (AvgIpc) is 2.90. The third-order valence-electron chi connectivity index (χ3n) is 4.58. The highest BCUT2D eigenvalue weighted by Gasteiger charge is 2.24. The number of carbonyl (C=O) groups excluding carboxylic acids is 2. The number of benzene rings is 1. The molecule has 5 heteroatoms. The maximum atomic E-state index is 12.4. The zero-order chi connectivity index (χ0) is 15.7. The van der Waals surface area contributed by atoms with E-state index in [9.17, 15) is 9.59 Å². The Balaban J connectivity index is 1.70. The summed E-state index contributed by atoms with van der Waals surface area (Å²) < 4.78 is 0. The molecule has 2 amide bonds. The van der Waals surface area contributed by atoms with E-state index in [1.54, 1.807) is 11.8 Å². The monoisotopic (exact) mass is 301 g/mol. The van der Waals surface area contributed by atoms with Gasteiger partial charge in [-0.1, -0.05) is 0 Å². The molecule has 0 spiro atoms. The van der Waals surface area contributed by atoms with E-state index >= 15 is 0 Å². The molecule has 0 bridgehead atoms. The topological polar surface area (TPSA) is 61.4 Å². The Labute approximate surface area is 131 Å². The predicted molar refractivity (Wildman–Crippen MR) is 86.1 cm³/mol. The number of amides is 2. The van der Waals surface area contributed by atoms with Crippen LogP contribution in [0.2, 0.25) is 0 Å². The molecule has 1 aromatic carbocycles. The Hall–Kier alpha value is -1.88. The van der Waals surface area contributed by atoms with E-state index < -0.39 is 0 Å². The van der Waals surface area contributed by atoms with E-state index in [1.807, 2.05) is 18.2 Å². The number of nitrogens with zero attached hydrogens (tertiary/aromatic N) is 1. The van der Waals surface area contributed by atoms with Gasteiger partial charge in [0.2, 0.25) is 5.91 Å². The Bertz CT molecular complexity index is 600. The lowest BCUT2D eigenvalue weighted by atomic mass is 10.00. The minimum atomic E-state index is -0.0109. The van der Waals surface area contributed by atoms with Crippen molar-refractivity contribution in [3.05, 3.63) is 29.3 Å². The Morgan fingerprint density at radius 3 is 2.91 bits per heavy atom. The second-order valence-corrected chi connectivity index (χ2v) is 6.31. The molecule has 2 N–H and O–H groups in total. The first-order valence-corrected chi connectivity index (χ1v) is 8.00. The molecule has 1 fully saturated rings. The molecule has 0 saturated carbocycles. The number of hydrogen-bond donors (Lipinski definition) is 2. The van der Waals surface area contributed by atoms with Crippen molar-refractivity contribution in [2.24, 2.45) is 0 Å². The van der Waals surface area contributed by atoms with Crippen LogP contribution in [-0.2, 0) is 11.2 Å². The zero-order valence-corrected chi connectivity index (χ0v) is 13.2. The van der Waals surface area contributed by atoms with Crippen LogP contribution in [0.15, 0.2) is 18.2 Å². The zero-order valence-electron chi connectivity index (χ0n) is 13.2. The van der Waals surface area contributed by atoms with Gasteiger partial charge in [0.15, 0.2) is 0 Å². The minimum absolute atomic E-state index is 0.0109. The summed E-state index contributed by atoms with van der Waals surface area (Å²) in [5.74, 6) is 0.0443. The standard InChI is InChI=1S/C17H23N3O2/c1-11-9-15(5-7-18-11)19-17(22)14-3-4-16-13(10-14)6-8-20(16)12(2)21/h3-4,10-11,15,18H,5-9H2,1-2H3,(H,19,22). The Morgan fingerprint density at radius 1 is 1.36 bits per heavy atom. The summed E-state index contributed by atoms with van der Waals surface area (Å²) in [7, 11) is 0. The number of fused-ring (bicyclic) bond motifs is 1. The average molecular weight is 301 g/mol. The molecule has 2 atom stereocenters. The lowest BCUT2D eigenvalue weighted by molar-refractivity contribution is -0.116. The summed E-state index contributed by atoms with van der Waals surface area (Å²) in [5.41, 5.74) is 2.72. The highest BCUT2D eigenvalue weighted by atomic mass is 16.2. The van der Waals surface area contributed by atoms with Crippen molar-refractivity contribution in [1.29, 1.82) is 0 Å². The molecule has 2 unspecified atom stereocenters. The van der Waals surface area contributed by atoms with Crippen LogP contribution < -0.4 is 15.5 Å². The molecule has 1 saturated heterocycles. The molecule has 0 aromatic heterocycles. The van der Waals surface area contributed by atoms with Crippen LogP contribution in [0.3, 0.4) is 0 Å². The van der Waals surface area contributed by atoms with Crippen molar-refractivity contribution in [3.63, 3.8) is 0 Å². The van der Waals surface area contributed by atoms with Crippen LogP contribution in [0.4, 0.5) is 5.69 Å². The first-order valence-electron chi connectivity index (χ1n) is 8.00. The van der Waals surface area contributed by atoms with Crippen molar-refractivity contribution in [1.82, 2.24) is 10.6 Å². The molecule has 0 radical (unpaired) electrons. The minimum Gasteiger partial charge on any atom is -0.349 e. The van der Waals surface area contributed by atoms with Gasteiger partial charge in [0.05, 0.1) is 0 Å². The van der Waals surface area contributed by atoms with E-state index in [0.717, 1.165) is 37.1 Å². The highest BCUT2D eigenvalue weighted by molar-refractivity contribution is 5.98. The molecule has 2 heterocycles. The van der Waals surface area contributed by atoms with E-state index in [4.69, 9.17) is 0 Å². The summed E-state index contributed by atoms with van der Waals surface area (Å²) >= 11 is 0. The second kappa shape index (κ2) is 6.08. The van der Waals surface area contributed by atoms with Crippen molar-refractivity contribution >= 4 is 17.5 Å². The number of rotatable bonds is 2. The van der Waals surface area contributed by atoms with Gasteiger partial charge in [0.1, 0.15) is 0 Å². The van der Waals surface area contributed by atoms with Crippen molar-refractivity contribution in [2.75, 3.05) is 18.0 Å².